The Morgan fingerprint density at radius 2 is 1.95 bits per heavy atom. The van der Waals surface area contributed by atoms with Crippen molar-refractivity contribution in [3.63, 3.8) is 0 Å². The van der Waals surface area contributed by atoms with Gasteiger partial charge in [0, 0.05) is 11.8 Å². The number of hydrogen-bond acceptors (Lipinski definition) is 2. The van der Waals surface area contributed by atoms with Gasteiger partial charge >= 0.3 is 0 Å². The van der Waals surface area contributed by atoms with E-state index in [1.165, 1.54) is 6.08 Å². The van der Waals surface area contributed by atoms with E-state index in [0.717, 1.165) is 22.6 Å². The minimum atomic E-state index is -0.164. The number of carbonyl (C=O) groups excluding carboxylic acids is 1. The number of amides is 1. The van der Waals surface area contributed by atoms with Crippen molar-refractivity contribution in [2.75, 3.05) is 5.32 Å². The van der Waals surface area contributed by atoms with E-state index < -0.39 is 0 Å². The molecule has 1 amide bonds. The molecule has 0 aliphatic heterocycles. The summed E-state index contributed by atoms with van der Waals surface area (Å²) >= 11 is 0. The van der Waals surface area contributed by atoms with E-state index in [1.807, 2.05) is 51.1 Å². The minimum Gasteiger partial charge on any atom is -0.462 e. The monoisotopic (exact) mass is 255 g/mol. The van der Waals surface area contributed by atoms with Gasteiger partial charge in [-0.1, -0.05) is 12.1 Å². The van der Waals surface area contributed by atoms with Gasteiger partial charge in [-0.25, -0.2) is 0 Å². The van der Waals surface area contributed by atoms with Gasteiger partial charge < -0.3 is 9.73 Å². The number of rotatable bonds is 3. The molecule has 1 heterocycles. The molecule has 0 unspecified atom stereocenters. The Morgan fingerprint density at radius 1 is 1.16 bits per heavy atom. The van der Waals surface area contributed by atoms with Gasteiger partial charge in [-0.05, 0) is 56.2 Å². The summed E-state index contributed by atoms with van der Waals surface area (Å²) in [6, 6.07) is 9.54. The second-order valence-corrected chi connectivity index (χ2v) is 4.52. The van der Waals surface area contributed by atoms with Gasteiger partial charge in [-0.3, -0.25) is 4.79 Å². The molecule has 0 radical (unpaired) electrons. The minimum absolute atomic E-state index is 0.164. The van der Waals surface area contributed by atoms with Crippen molar-refractivity contribution in [2.24, 2.45) is 0 Å². The fourth-order valence-corrected chi connectivity index (χ4v) is 1.76. The normalized spacial score (nSPS) is 10.9. The first-order chi connectivity index (χ1) is 9.06. The summed E-state index contributed by atoms with van der Waals surface area (Å²) in [7, 11) is 0. The van der Waals surface area contributed by atoms with Gasteiger partial charge in [0.05, 0.1) is 0 Å². The molecule has 0 bridgehead atoms. The zero-order chi connectivity index (χ0) is 13.8. The van der Waals surface area contributed by atoms with Crippen LogP contribution >= 0.6 is 0 Å². The third-order valence-corrected chi connectivity index (χ3v) is 3.02. The Kier molecular flexibility index (Phi) is 3.85. The van der Waals surface area contributed by atoms with Crippen LogP contribution < -0.4 is 5.32 Å². The Balaban J connectivity index is 2.05. The number of nitrogens with one attached hydrogen (secondary N) is 1. The van der Waals surface area contributed by atoms with E-state index in [4.69, 9.17) is 4.42 Å². The van der Waals surface area contributed by atoms with Gasteiger partial charge in [-0.2, -0.15) is 0 Å². The SMILES string of the molecule is Cc1ccc(C=CC(=O)Nc2cccc(C)c2C)o1. The van der Waals surface area contributed by atoms with Crippen molar-refractivity contribution in [3.05, 3.63) is 59.1 Å². The number of benzene rings is 1. The number of hydrogen-bond donors (Lipinski definition) is 1. The predicted molar refractivity (Wildman–Crippen MR) is 77.0 cm³/mol. The van der Waals surface area contributed by atoms with Gasteiger partial charge in [0.25, 0.3) is 0 Å². The molecular weight excluding hydrogens is 238 g/mol. The lowest BCUT2D eigenvalue weighted by molar-refractivity contribution is -0.111. The van der Waals surface area contributed by atoms with Crippen LogP contribution in [0.15, 0.2) is 40.8 Å². The summed E-state index contributed by atoms with van der Waals surface area (Å²) in [4.78, 5) is 11.8. The summed E-state index contributed by atoms with van der Waals surface area (Å²) in [5.74, 6) is 1.34. The second kappa shape index (κ2) is 5.57. The molecular formula is C16H17NO2. The fourth-order valence-electron chi connectivity index (χ4n) is 1.76. The third-order valence-electron chi connectivity index (χ3n) is 3.02. The number of furan rings is 1. The Bertz CT molecular complexity index is 623. The van der Waals surface area contributed by atoms with Crippen LogP contribution in [0.3, 0.4) is 0 Å². The van der Waals surface area contributed by atoms with Gasteiger partial charge in [-0.15, -0.1) is 0 Å². The van der Waals surface area contributed by atoms with Crippen LogP contribution in [0.1, 0.15) is 22.6 Å². The summed E-state index contributed by atoms with van der Waals surface area (Å²) in [6.45, 7) is 5.88. The summed E-state index contributed by atoms with van der Waals surface area (Å²) in [5, 5.41) is 2.86. The molecule has 0 aliphatic rings. The van der Waals surface area contributed by atoms with Crippen LogP contribution in [-0.4, -0.2) is 5.91 Å². The lowest BCUT2D eigenvalue weighted by Gasteiger charge is -2.08. The summed E-state index contributed by atoms with van der Waals surface area (Å²) in [5.41, 5.74) is 3.08. The van der Waals surface area contributed by atoms with Gasteiger partial charge in [0.2, 0.25) is 5.91 Å². The molecule has 3 nitrogen and oxygen atoms in total. The highest BCUT2D eigenvalue weighted by atomic mass is 16.3. The standard InChI is InChI=1S/C16H17NO2/c1-11-5-4-6-15(13(11)3)17-16(18)10-9-14-8-7-12(2)19-14/h4-10H,1-3H3,(H,17,18). The lowest BCUT2D eigenvalue weighted by Crippen LogP contribution is -2.09. The quantitative estimate of drug-likeness (QED) is 0.846. The summed E-state index contributed by atoms with van der Waals surface area (Å²) in [6.07, 6.45) is 3.13. The number of aryl methyl sites for hydroxylation is 2. The number of anilines is 1. The van der Waals surface area contributed by atoms with Crippen molar-refractivity contribution in [2.45, 2.75) is 20.8 Å². The van der Waals surface area contributed by atoms with Crippen molar-refractivity contribution < 1.29 is 9.21 Å². The molecule has 98 valence electrons. The van der Waals surface area contributed by atoms with Crippen LogP contribution in [0.2, 0.25) is 0 Å². The highest BCUT2D eigenvalue weighted by Crippen LogP contribution is 2.18. The van der Waals surface area contributed by atoms with E-state index in [-0.39, 0.29) is 5.91 Å². The first-order valence-electron chi connectivity index (χ1n) is 6.18. The Hall–Kier alpha value is -2.29. The fraction of sp³-hybridized carbons (Fsp3) is 0.188. The molecule has 1 aromatic carbocycles. The topological polar surface area (TPSA) is 42.2 Å². The summed E-state index contributed by atoms with van der Waals surface area (Å²) < 4.78 is 5.36. The molecule has 0 atom stereocenters. The molecule has 1 aromatic heterocycles. The maximum atomic E-state index is 11.8. The molecule has 2 rings (SSSR count). The van der Waals surface area contributed by atoms with Crippen molar-refractivity contribution in [1.29, 1.82) is 0 Å². The van der Waals surface area contributed by atoms with E-state index in [1.54, 1.807) is 6.08 Å². The van der Waals surface area contributed by atoms with Crippen molar-refractivity contribution in [1.82, 2.24) is 0 Å². The first-order valence-corrected chi connectivity index (χ1v) is 6.18. The Morgan fingerprint density at radius 3 is 2.63 bits per heavy atom. The van der Waals surface area contributed by atoms with Gasteiger partial charge in [0.15, 0.2) is 0 Å². The van der Waals surface area contributed by atoms with Crippen LogP contribution in [0.4, 0.5) is 5.69 Å². The smallest absolute Gasteiger partial charge is 0.248 e. The van der Waals surface area contributed by atoms with Crippen LogP contribution in [0.25, 0.3) is 6.08 Å². The Labute approximate surface area is 112 Å². The molecule has 0 spiro atoms. The zero-order valence-corrected chi connectivity index (χ0v) is 11.4. The molecule has 3 heteroatoms. The van der Waals surface area contributed by atoms with E-state index >= 15 is 0 Å². The van der Waals surface area contributed by atoms with Crippen LogP contribution in [-0.2, 0) is 4.79 Å². The highest BCUT2D eigenvalue weighted by Gasteiger charge is 2.03. The highest BCUT2D eigenvalue weighted by molar-refractivity contribution is 6.02. The second-order valence-electron chi connectivity index (χ2n) is 4.52. The largest absolute Gasteiger partial charge is 0.462 e. The molecule has 2 aromatic rings. The lowest BCUT2D eigenvalue weighted by atomic mass is 10.1. The van der Waals surface area contributed by atoms with E-state index in [0.29, 0.717) is 5.76 Å². The molecule has 0 saturated heterocycles. The molecule has 1 N–H and O–H groups in total. The first kappa shape index (κ1) is 13.1. The van der Waals surface area contributed by atoms with E-state index in [9.17, 15) is 4.79 Å². The van der Waals surface area contributed by atoms with E-state index in [2.05, 4.69) is 5.32 Å². The molecule has 0 saturated carbocycles. The average molecular weight is 255 g/mol. The number of carbonyl (C=O) groups is 1. The van der Waals surface area contributed by atoms with Crippen LogP contribution in [0, 0.1) is 20.8 Å². The van der Waals surface area contributed by atoms with Crippen molar-refractivity contribution >= 4 is 17.7 Å². The zero-order valence-electron chi connectivity index (χ0n) is 11.4. The maximum absolute atomic E-state index is 11.8. The molecule has 0 aliphatic carbocycles. The molecule has 0 fully saturated rings. The van der Waals surface area contributed by atoms with Crippen LogP contribution in [0.5, 0.6) is 0 Å². The van der Waals surface area contributed by atoms with Crippen molar-refractivity contribution in [3.8, 4) is 0 Å². The average Bonchev–Trinajstić information content (AvgIpc) is 2.78. The maximum Gasteiger partial charge on any atom is 0.248 e. The predicted octanol–water partition coefficient (Wildman–Crippen LogP) is 3.86. The van der Waals surface area contributed by atoms with Gasteiger partial charge in [0.1, 0.15) is 11.5 Å². The molecule has 19 heavy (non-hydrogen) atoms. The third kappa shape index (κ3) is 3.35.